The highest BCUT2D eigenvalue weighted by atomic mass is 32.2. The van der Waals surface area contributed by atoms with Crippen LogP contribution < -0.4 is 4.74 Å². The molecule has 0 spiro atoms. The Kier molecular flexibility index (Phi) is 5.35. The zero-order valence-corrected chi connectivity index (χ0v) is 12.1. The highest BCUT2D eigenvalue weighted by molar-refractivity contribution is 7.90. The molecular formula is C13H18O5S. The Bertz CT molecular complexity index is 536. The second kappa shape index (κ2) is 6.56. The molecule has 1 unspecified atom stereocenters. The average molecular weight is 286 g/mol. The van der Waals surface area contributed by atoms with Gasteiger partial charge in [-0.15, -0.1) is 0 Å². The summed E-state index contributed by atoms with van der Waals surface area (Å²) < 4.78 is 33.7. The summed E-state index contributed by atoms with van der Waals surface area (Å²) in [6.07, 6.45) is 0. The number of carbonyl (C=O) groups is 1. The van der Waals surface area contributed by atoms with E-state index < -0.39 is 21.7 Å². The van der Waals surface area contributed by atoms with Crippen LogP contribution in [-0.4, -0.2) is 34.4 Å². The second-order valence-corrected chi connectivity index (χ2v) is 6.40. The van der Waals surface area contributed by atoms with Gasteiger partial charge in [0.2, 0.25) is 0 Å². The molecule has 0 aromatic heterocycles. The van der Waals surface area contributed by atoms with Crippen molar-refractivity contribution in [1.82, 2.24) is 0 Å². The minimum Gasteiger partial charge on any atom is -0.496 e. The van der Waals surface area contributed by atoms with E-state index in [9.17, 15) is 13.2 Å². The van der Waals surface area contributed by atoms with Crippen LogP contribution in [0.2, 0.25) is 0 Å². The monoisotopic (exact) mass is 286 g/mol. The molecule has 0 aliphatic carbocycles. The van der Waals surface area contributed by atoms with E-state index in [1.165, 1.54) is 21.1 Å². The maximum atomic E-state index is 12.0. The zero-order chi connectivity index (χ0) is 14.5. The molecule has 1 aromatic rings. The smallest absolute Gasteiger partial charge is 0.309 e. The first-order valence-electron chi connectivity index (χ1n) is 5.79. The van der Waals surface area contributed by atoms with Crippen LogP contribution >= 0.6 is 0 Å². The Hall–Kier alpha value is -1.56. The van der Waals surface area contributed by atoms with E-state index in [0.717, 1.165) is 0 Å². The highest BCUT2D eigenvalue weighted by Crippen LogP contribution is 2.21. The van der Waals surface area contributed by atoms with Gasteiger partial charge >= 0.3 is 5.97 Å². The van der Waals surface area contributed by atoms with Gasteiger partial charge in [-0.25, -0.2) is 8.42 Å². The maximum Gasteiger partial charge on any atom is 0.309 e. The number of benzene rings is 1. The van der Waals surface area contributed by atoms with Gasteiger partial charge in [0.05, 0.1) is 31.6 Å². The Morgan fingerprint density at radius 2 is 1.89 bits per heavy atom. The number of rotatable bonds is 6. The van der Waals surface area contributed by atoms with Crippen molar-refractivity contribution in [2.45, 2.75) is 12.7 Å². The molecule has 0 N–H and O–H groups in total. The van der Waals surface area contributed by atoms with Crippen molar-refractivity contribution in [3.8, 4) is 5.75 Å². The first-order chi connectivity index (χ1) is 8.89. The van der Waals surface area contributed by atoms with Crippen LogP contribution in [0.3, 0.4) is 0 Å². The van der Waals surface area contributed by atoms with Gasteiger partial charge in [0.25, 0.3) is 0 Å². The van der Waals surface area contributed by atoms with E-state index in [2.05, 4.69) is 4.74 Å². The van der Waals surface area contributed by atoms with Gasteiger partial charge in [-0.3, -0.25) is 4.79 Å². The van der Waals surface area contributed by atoms with E-state index in [1.54, 1.807) is 24.3 Å². The molecular weight excluding hydrogens is 268 g/mol. The van der Waals surface area contributed by atoms with Crippen molar-refractivity contribution < 1.29 is 22.7 Å². The highest BCUT2D eigenvalue weighted by Gasteiger charge is 2.23. The molecule has 0 bridgehead atoms. The average Bonchev–Trinajstić information content (AvgIpc) is 2.37. The Labute approximate surface area is 113 Å². The fraction of sp³-hybridized carbons (Fsp3) is 0.462. The molecule has 0 aliphatic rings. The molecule has 6 heteroatoms. The van der Waals surface area contributed by atoms with Gasteiger partial charge in [0, 0.05) is 5.56 Å². The summed E-state index contributed by atoms with van der Waals surface area (Å²) in [7, 11) is -0.672. The number of hydrogen-bond acceptors (Lipinski definition) is 5. The number of ether oxygens (including phenoxy) is 2. The summed E-state index contributed by atoms with van der Waals surface area (Å²) in [6, 6.07) is 6.91. The van der Waals surface area contributed by atoms with E-state index in [1.807, 2.05) is 0 Å². The number of sulfone groups is 1. The molecule has 106 valence electrons. The van der Waals surface area contributed by atoms with Crippen LogP contribution in [-0.2, 0) is 25.1 Å². The topological polar surface area (TPSA) is 69.7 Å². The minimum absolute atomic E-state index is 0.154. The normalized spacial score (nSPS) is 12.8. The summed E-state index contributed by atoms with van der Waals surface area (Å²) >= 11 is 0. The maximum absolute atomic E-state index is 12.0. The van der Waals surface area contributed by atoms with Crippen LogP contribution in [0, 0.1) is 5.92 Å². The molecule has 5 nitrogen and oxygen atoms in total. The first-order valence-corrected chi connectivity index (χ1v) is 7.62. The van der Waals surface area contributed by atoms with Crippen LogP contribution in [0.1, 0.15) is 12.5 Å². The number of para-hydroxylation sites is 1. The lowest BCUT2D eigenvalue weighted by molar-refractivity contribution is -0.144. The zero-order valence-electron chi connectivity index (χ0n) is 11.3. The second-order valence-electron chi connectivity index (χ2n) is 4.29. The SMILES string of the molecule is COC(=O)C(C)CS(=O)(=O)Cc1ccccc1OC. The van der Waals surface area contributed by atoms with Crippen LogP contribution in [0.5, 0.6) is 5.75 Å². The number of carbonyl (C=O) groups excluding carboxylic acids is 1. The lowest BCUT2D eigenvalue weighted by Crippen LogP contribution is -2.23. The predicted octanol–water partition coefficient (Wildman–Crippen LogP) is 1.42. The van der Waals surface area contributed by atoms with Crippen LogP contribution in [0.25, 0.3) is 0 Å². The number of methoxy groups -OCH3 is 2. The molecule has 0 saturated heterocycles. The lowest BCUT2D eigenvalue weighted by Gasteiger charge is -2.11. The third-order valence-electron chi connectivity index (χ3n) is 2.68. The molecule has 0 amide bonds. The van der Waals surface area contributed by atoms with Crippen molar-refractivity contribution in [2.24, 2.45) is 5.92 Å². The van der Waals surface area contributed by atoms with Gasteiger partial charge < -0.3 is 9.47 Å². The van der Waals surface area contributed by atoms with Crippen LogP contribution in [0.4, 0.5) is 0 Å². The number of hydrogen-bond donors (Lipinski definition) is 0. The van der Waals surface area contributed by atoms with Gasteiger partial charge in [0.1, 0.15) is 5.75 Å². The fourth-order valence-electron chi connectivity index (χ4n) is 1.77. The van der Waals surface area contributed by atoms with E-state index in [0.29, 0.717) is 11.3 Å². The molecule has 0 aliphatic heterocycles. The van der Waals surface area contributed by atoms with Gasteiger partial charge in [0.15, 0.2) is 9.84 Å². The molecule has 0 radical (unpaired) electrons. The predicted molar refractivity (Wildman–Crippen MR) is 71.7 cm³/mol. The summed E-state index contributed by atoms with van der Waals surface area (Å²) in [4.78, 5) is 11.3. The minimum atomic E-state index is -3.40. The molecule has 1 atom stereocenters. The molecule has 0 saturated carbocycles. The van der Waals surface area contributed by atoms with Gasteiger partial charge in [-0.05, 0) is 6.07 Å². The fourth-order valence-corrected chi connectivity index (χ4v) is 3.50. The van der Waals surface area contributed by atoms with E-state index >= 15 is 0 Å². The van der Waals surface area contributed by atoms with Gasteiger partial charge in [-0.1, -0.05) is 25.1 Å². The number of esters is 1. The quantitative estimate of drug-likeness (QED) is 0.740. The molecule has 1 rings (SSSR count). The van der Waals surface area contributed by atoms with Crippen molar-refractivity contribution in [2.75, 3.05) is 20.0 Å². The molecule has 1 aromatic carbocycles. The first kappa shape index (κ1) is 15.5. The summed E-state index contributed by atoms with van der Waals surface area (Å²) in [5, 5.41) is 0. The van der Waals surface area contributed by atoms with Gasteiger partial charge in [-0.2, -0.15) is 0 Å². The molecule has 0 heterocycles. The third kappa shape index (κ3) is 4.55. The summed E-state index contributed by atoms with van der Waals surface area (Å²) in [6.45, 7) is 1.53. The third-order valence-corrected chi connectivity index (χ3v) is 4.43. The lowest BCUT2D eigenvalue weighted by atomic mass is 10.2. The largest absolute Gasteiger partial charge is 0.496 e. The Morgan fingerprint density at radius 1 is 1.26 bits per heavy atom. The Balaban J connectivity index is 2.82. The molecule has 0 fully saturated rings. The van der Waals surface area contributed by atoms with Crippen LogP contribution in [0.15, 0.2) is 24.3 Å². The summed E-state index contributed by atoms with van der Waals surface area (Å²) in [5.41, 5.74) is 0.585. The van der Waals surface area contributed by atoms with E-state index in [4.69, 9.17) is 4.74 Å². The van der Waals surface area contributed by atoms with Crippen molar-refractivity contribution in [1.29, 1.82) is 0 Å². The van der Waals surface area contributed by atoms with Crippen molar-refractivity contribution in [3.05, 3.63) is 29.8 Å². The Morgan fingerprint density at radius 3 is 2.47 bits per heavy atom. The molecule has 19 heavy (non-hydrogen) atoms. The standard InChI is InChI=1S/C13H18O5S/c1-10(13(14)18-3)8-19(15,16)9-11-6-4-5-7-12(11)17-2/h4-7,10H,8-9H2,1-3H3. The van der Waals surface area contributed by atoms with E-state index in [-0.39, 0.29) is 11.5 Å². The summed E-state index contributed by atoms with van der Waals surface area (Å²) in [5.74, 6) is -1.07. The van der Waals surface area contributed by atoms with Crippen molar-refractivity contribution >= 4 is 15.8 Å². The van der Waals surface area contributed by atoms with Crippen molar-refractivity contribution in [3.63, 3.8) is 0 Å².